The van der Waals surface area contributed by atoms with Crippen LogP contribution in [0, 0.1) is 11.7 Å². The van der Waals surface area contributed by atoms with Crippen molar-refractivity contribution in [1.29, 1.82) is 0 Å². The van der Waals surface area contributed by atoms with Gasteiger partial charge in [-0.2, -0.15) is 0 Å². The van der Waals surface area contributed by atoms with E-state index in [-0.39, 0.29) is 23.3 Å². The SMILES string of the molecule is C=C(C)/C(=C/C)C1=C(O)CC(CCSc2ccc(F)cc2)CC1=O. The first-order valence-corrected chi connectivity index (χ1v) is 9.07. The third-order valence-corrected chi connectivity index (χ3v) is 5.20. The van der Waals surface area contributed by atoms with E-state index in [1.807, 2.05) is 19.9 Å². The monoisotopic (exact) mass is 346 g/mol. The zero-order valence-electron chi connectivity index (χ0n) is 14.1. The first-order valence-electron chi connectivity index (χ1n) is 8.08. The van der Waals surface area contributed by atoms with Crippen molar-refractivity contribution in [3.05, 3.63) is 65.2 Å². The number of benzene rings is 1. The normalized spacial score (nSPS) is 18.9. The van der Waals surface area contributed by atoms with E-state index in [1.54, 1.807) is 23.9 Å². The molecule has 24 heavy (non-hydrogen) atoms. The second-order valence-electron chi connectivity index (χ2n) is 6.09. The van der Waals surface area contributed by atoms with Crippen LogP contribution in [0.5, 0.6) is 0 Å². The minimum absolute atomic E-state index is 0.00775. The molecule has 1 aromatic carbocycles. The van der Waals surface area contributed by atoms with Crippen molar-refractivity contribution >= 4 is 17.5 Å². The Morgan fingerprint density at radius 1 is 1.38 bits per heavy atom. The molecule has 1 aliphatic carbocycles. The summed E-state index contributed by atoms with van der Waals surface area (Å²) < 4.78 is 12.9. The predicted molar refractivity (Wildman–Crippen MR) is 97.7 cm³/mol. The van der Waals surface area contributed by atoms with Crippen molar-refractivity contribution in [3.63, 3.8) is 0 Å². The van der Waals surface area contributed by atoms with Gasteiger partial charge in [0.25, 0.3) is 0 Å². The highest BCUT2D eigenvalue weighted by Crippen LogP contribution is 2.34. The van der Waals surface area contributed by atoms with Gasteiger partial charge in [0.05, 0.1) is 5.57 Å². The standard InChI is InChI=1S/C20H23FO2S/c1-4-17(13(2)3)20-18(22)11-14(12-19(20)23)9-10-24-16-7-5-15(21)6-8-16/h4-8,14,22H,2,9-12H2,1,3H3/b17-4-. The van der Waals surface area contributed by atoms with Crippen molar-refractivity contribution in [3.8, 4) is 0 Å². The van der Waals surface area contributed by atoms with Crippen LogP contribution < -0.4 is 0 Å². The van der Waals surface area contributed by atoms with Crippen LogP contribution in [0.15, 0.2) is 64.3 Å². The van der Waals surface area contributed by atoms with Gasteiger partial charge in [-0.3, -0.25) is 4.79 Å². The summed E-state index contributed by atoms with van der Waals surface area (Å²) in [5, 5.41) is 10.3. The molecule has 0 radical (unpaired) electrons. The van der Waals surface area contributed by atoms with E-state index in [4.69, 9.17) is 0 Å². The summed E-state index contributed by atoms with van der Waals surface area (Å²) in [4.78, 5) is 13.5. The molecular formula is C20H23FO2S. The summed E-state index contributed by atoms with van der Waals surface area (Å²) in [6, 6.07) is 6.41. The van der Waals surface area contributed by atoms with Crippen LogP contribution in [0.25, 0.3) is 0 Å². The summed E-state index contributed by atoms with van der Waals surface area (Å²) >= 11 is 1.64. The average Bonchev–Trinajstić information content (AvgIpc) is 2.52. The zero-order chi connectivity index (χ0) is 17.7. The summed E-state index contributed by atoms with van der Waals surface area (Å²) in [5.74, 6) is 0.920. The second-order valence-corrected chi connectivity index (χ2v) is 7.26. The molecule has 1 atom stereocenters. The Kier molecular flexibility index (Phi) is 6.44. The number of carbonyl (C=O) groups is 1. The molecule has 1 unspecified atom stereocenters. The van der Waals surface area contributed by atoms with E-state index >= 15 is 0 Å². The van der Waals surface area contributed by atoms with E-state index in [9.17, 15) is 14.3 Å². The Balaban J connectivity index is 1.96. The maximum Gasteiger partial charge on any atom is 0.167 e. The maximum absolute atomic E-state index is 12.9. The molecule has 0 bridgehead atoms. The van der Waals surface area contributed by atoms with Crippen molar-refractivity contribution in [1.82, 2.24) is 0 Å². The fourth-order valence-corrected chi connectivity index (χ4v) is 3.98. The quantitative estimate of drug-likeness (QED) is 0.536. The van der Waals surface area contributed by atoms with Gasteiger partial charge < -0.3 is 5.11 Å². The first kappa shape index (κ1) is 18.5. The van der Waals surface area contributed by atoms with E-state index in [0.29, 0.717) is 18.4 Å². The molecule has 0 amide bonds. The van der Waals surface area contributed by atoms with Gasteiger partial charge in [-0.15, -0.1) is 11.8 Å². The smallest absolute Gasteiger partial charge is 0.167 e. The number of hydrogen-bond acceptors (Lipinski definition) is 3. The number of aliphatic hydroxyl groups excluding tert-OH is 1. The Labute approximate surface area is 147 Å². The summed E-state index contributed by atoms with van der Waals surface area (Å²) in [7, 11) is 0. The van der Waals surface area contributed by atoms with Crippen LogP contribution in [-0.2, 0) is 4.79 Å². The third kappa shape index (κ3) is 4.60. The first-order chi connectivity index (χ1) is 11.4. The van der Waals surface area contributed by atoms with E-state index in [2.05, 4.69) is 6.58 Å². The highest BCUT2D eigenvalue weighted by Gasteiger charge is 2.29. The summed E-state index contributed by atoms with van der Waals surface area (Å²) in [6.45, 7) is 7.57. The lowest BCUT2D eigenvalue weighted by Crippen LogP contribution is -2.21. The minimum Gasteiger partial charge on any atom is -0.512 e. The van der Waals surface area contributed by atoms with Crippen LogP contribution in [0.2, 0.25) is 0 Å². The molecule has 0 aliphatic heterocycles. The molecule has 1 N–H and O–H groups in total. The molecule has 0 saturated carbocycles. The highest BCUT2D eigenvalue weighted by molar-refractivity contribution is 7.99. The molecule has 0 aromatic heterocycles. The summed E-state index contributed by atoms with van der Waals surface area (Å²) in [5.41, 5.74) is 1.97. The van der Waals surface area contributed by atoms with Gasteiger partial charge in [-0.1, -0.05) is 18.2 Å². The number of ketones is 1. The van der Waals surface area contributed by atoms with Gasteiger partial charge in [-0.25, -0.2) is 4.39 Å². The van der Waals surface area contributed by atoms with Crippen molar-refractivity contribution in [2.24, 2.45) is 5.92 Å². The van der Waals surface area contributed by atoms with Gasteiger partial charge >= 0.3 is 0 Å². The summed E-state index contributed by atoms with van der Waals surface area (Å²) in [6.07, 6.45) is 3.64. The topological polar surface area (TPSA) is 37.3 Å². The van der Waals surface area contributed by atoms with Crippen molar-refractivity contribution in [2.45, 2.75) is 38.0 Å². The molecule has 0 heterocycles. The molecule has 0 saturated heterocycles. The molecule has 4 heteroatoms. The van der Waals surface area contributed by atoms with Crippen LogP contribution in [0.4, 0.5) is 4.39 Å². The zero-order valence-corrected chi connectivity index (χ0v) is 15.0. The number of rotatable bonds is 6. The molecule has 2 rings (SSSR count). The largest absolute Gasteiger partial charge is 0.512 e. The number of Topliss-reactive ketones (excluding diaryl/α,β-unsaturated/α-hetero) is 1. The highest BCUT2D eigenvalue weighted by atomic mass is 32.2. The maximum atomic E-state index is 12.9. The Morgan fingerprint density at radius 2 is 2.04 bits per heavy atom. The molecule has 0 spiro atoms. The van der Waals surface area contributed by atoms with Crippen LogP contribution in [-0.4, -0.2) is 16.6 Å². The molecule has 128 valence electrons. The van der Waals surface area contributed by atoms with Crippen molar-refractivity contribution in [2.75, 3.05) is 5.75 Å². The lowest BCUT2D eigenvalue weighted by Gasteiger charge is -2.24. The lowest BCUT2D eigenvalue weighted by atomic mass is 9.81. The third-order valence-electron chi connectivity index (χ3n) is 4.15. The Morgan fingerprint density at radius 3 is 2.58 bits per heavy atom. The van der Waals surface area contributed by atoms with E-state index in [0.717, 1.165) is 28.2 Å². The number of hydrogen-bond donors (Lipinski definition) is 1. The molecular weight excluding hydrogens is 323 g/mol. The van der Waals surface area contributed by atoms with E-state index < -0.39 is 0 Å². The van der Waals surface area contributed by atoms with Crippen LogP contribution in [0.3, 0.4) is 0 Å². The molecule has 1 aromatic rings. The van der Waals surface area contributed by atoms with Gasteiger partial charge in [0.15, 0.2) is 5.78 Å². The van der Waals surface area contributed by atoms with Gasteiger partial charge in [0.2, 0.25) is 0 Å². The number of carbonyl (C=O) groups excluding carboxylic acids is 1. The number of thioether (sulfide) groups is 1. The Bertz CT molecular complexity index is 686. The minimum atomic E-state index is -0.239. The fourth-order valence-electron chi connectivity index (χ4n) is 2.96. The fraction of sp³-hybridized carbons (Fsp3) is 0.350. The molecule has 0 fully saturated rings. The number of allylic oxidation sites excluding steroid dienone is 5. The average molecular weight is 346 g/mol. The van der Waals surface area contributed by atoms with Crippen LogP contribution in [0.1, 0.15) is 33.1 Å². The number of aliphatic hydroxyl groups is 1. The lowest BCUT2D eigenvalue weighted by molar-refractivity contribution is -0.117. The van der Waals surface area contributed by atoms with E-state index in [1.165, 1.54) is 12.1 Å². The molecule has 1 aliphatic rings. The second kappa shape index (κ2) is 8.34. The van der Waals surface area contributed by atoms with Crippen molar-refractivity contribution < 1.29 is 14.3 Å². The number of halogens is 1. The van der Waals surface area contributed by atoms with Crippen LogP contribution >= 0.6 is 11.8 Å². The predicted octanol–water partition coefficient (Wildman–Crippen LogP) is 5.62. The van der Waals surface area contributed by atoms with Gasteiger partial charge in [-0.05, 0) is 61.8 Å². The Hall–Kier alpha value is -1.81. The molecule has 2 nitrogen and oxygen atoms in total. The van der Waals surface area contributed by atoms with Gasteiger partial charge in [0, 0.05) is 17.7 Å². The van der Waals surface area contributed by atoms with Gasteiger partial charge in [0.1, 0.15) is 11.6 Å².